The number of esters is 1. The number of aryl methyl sites for hydroxylation is 1. The van der Waals surface area contributed by atoms with E-state index in [-0.39, 0.29) is 46.2 Å². The SMILES string of the molecule is Cc1nc2c(Cl)cc(Cl)cc2c(=O)n1C1(C(=O)OCc2ccccc2)CCC(=O)NC1=O. The molecule has 8 nitrogen and oxygen atoms in total. The number of ether oxygens (including phenoxy) is 1. The highest BCUT2D eigenvalue weighted by atomic mass is 35.5. The minimum atomic E-state index is -2.11. The van der Waals surface area contributed by atoms with Crippen LogP contribution in [0.25, 0.3) is 10.9 Å². The van der Waals surface area contributed by atoms with Gasteiger partial charge in [0.15, 0.2) is 0 Å². The molecule has 164 valence electrons. The van der Waals surface area contributed by atoms with Gasteiger partial charge in [0.05, 0.1) is 15.9 Å². The van der Waals surface area contributed by atoms with Crippen molar-refractivity contribution in [1.82, 2.24) is 14.9 Å². The fraction of sp³-hybridized carbons (Fsp3) is 0.227. The first-order chi connectivity index (χ1) is 15.2. The number of nitrogens with zero attached hydrogens (tertiary/aromatic N) is 2. The lowest BCUT2D eigenvalue weighted by Gasteiger charge is -2.35. The predicted molar refractivity (Wildman–Crippen MR) is 117 cm³/mol. The fourth-order valence-corrected chi connectivity index (χ4v) is 4.35. The Bertz CT molecular complexity index is 1320. The van der Waals surface area contributed by atoms with Gasteiger partial charge in [-0.2, -0.15) is 0 Å². The van der Waals surface area contributed by atoms with Gasteiger partial charge in [0.2, 0.25) is 11.4 Å². The van der Waals surface area contributed by atoms with Crippen LogP contribution >= 0.6 is 23.2 Å². The first kappa shape index (κ1) is 22.0. The van der Waals surface area contributed by atoms with Crippen molar-refractivity contribution in [3.63, 3.8) is 0 Å². The van der Waals surface area contributed by atoms with Crippen molar-refractivity contribution < 1.29 is 19.1 Å². The lowest BCUT2D eigenvalue weighted by Crippen LogP contribution is -2.62. The number of halogens is 2. The molecule has 2 aromatic carbocycles. The highest BCUT2D eigenvalue weighted by Gasteiger charge is 2.54. The average Bonchev–Trinajstić information content (AvgIpc) is 2.75. The fourth-order valence-electron chi connectivity index (χ4n) is 3.81. The van der Waals surface area contributed by atoms with E-state index in [1.54, 1.807) is 24.3 Å². The second-order valence-electron chi connectivity index (χ2n) is 7.38. The molecular formula is C22H17Cl2N3O5. The smallest absolute Gasteiger partial charge is 0.342 e. The maximum absolute atomic E-state index is 13.5. The van der Waals surface area contributed by atoms with Crippen LogP contribution in [0.3, 0.4) is 0 Å². The number of nitrogens with one attached hydrogen (secondary N) is 1. The Morgan fingerprint density at radius 1 is 1.19 bits per heavy atom. The summed E-state index contributed by atoms with van der Waals surface area (Å²) in [4.78, 5) is 56.1. The van der Waals surface area contributed by atoms with E-state index in [9.17, 15) is 19.2 Å². The highest BCUT2D eigenvalue weighted by Crippen LogP contribution is 2.31. The summed E-state index contributed by atoms with van der Waals surface area (Å²) in [5.41, 5.74) is -1.92. The van der Waals surface area contributed by atoms with Gasteiger partial charge >= 0.3 is 5.97 Å². The molecule has 2 amide bonds. The molecule has 1 saturated heterocycles. The number of hydrogen-bond donors (Lipinski definition) is 1. The molecule has 1 unspecified atom stereocenters. The van der Waals surface area contributed by atoms with Crippen molar-refractivity contribution in [2.75, 3.05) is 0 Å². The number of carbonyl (C=O) groups is 3. The van der Waals surface area contributed by atoms with Crippen molar-refractivity contribution in [1.29, 1.82) is 0 Å². The molecule has 0 radical (unpaired) electrons. The van der Waals surface area contributed by atoms with Gasteiger partial charge in [-0.1, -0.05) is 53.5 Å². The molecule has 1 aliphatic rings. The minimum Gasteiger partial charge on any atom is -0.459 e. The van der Waals surface area contributed by atoms with Gasteiger partial charge in [0.25, 0.3) is 11.5 Å². The Balaban J connectivity index is 1.89. The third-order valence-corrected chi connectivity index (χ3v) is 5.84. The molecule has 0 saturated carbocycles. The Labute approximate surface area is 192 Å². The minimum absolute atomic E-state index is 0.0352. The van der Waals surface area contributed by atoms with E-state index >= 15 is 0 Å². The third kappa shape index (κ3) is 3.65. The van der Waals surface area contributed by atoms with Crippen LogP contribution < -0.4 is 10.9 Å². The summed E-state index contributed by atoms with van der Waals surface area (Å²) < 4.78 is 6.42. The molecule has 1 aliphatic heterocycles. The van der Waals surface area contributed by atoms with E-state index in [1.165, 1.54) is 19.1 Å². The van der Waals surface area contributed by atoms with Gasteiger partial charge in [0.1, 0.15) is 12.4 Å². The molecule has 32 heavy (non-hydrogen) atoms. The third-order valence-electron chi connectivity index (χ3n) is 5.33. The highest BCUT2D eigenvalue weighted by molar-refractivity contribution is 6.38. The summed E-state index contributed by atoms with van der Waals surface area (Å²) in [6, 6.07) is 11.7. The number of imide groups is 1. The summed E-state index contributed by atoms with van der Waals surface area (Å²) in [7, 11) is 0. The zero-order chi connectivity index (χ0) is 23.0. The van der Waals surface area contributed by atoms with Crippen molar-refractivity contribution in [2.45, 2.75) is 31.9 Å². The lowest BCUT2D eigenvalue weighted by atomic mass is 9.87. The average molecular weight is 474 g/mol. The van der Waals surface area contributed by atoms with Crippen LogP contribution in [0.4, 0.5) is 0 Å². The van der Waals surface area contributed by atoms with Gasteiger partial charge in [-0.15, -0.1) is 0 Å². The van der Waals surface area contributed by atoms with Crippen LogP contribution in [-0.4, -0.2) is 27.3 Å². The molecule has 3 aromatic rings. The first-order valence-corrected chi connectivity index (χ1v) is 10.4. The standard InChI is InChI=1S/C22H17Cl2N3O5/c1-12-25-18-15(9-14(23)10-16(18)24)19(29)27(12)22(8-7-17(28)26-20(22)30)21(31)32-11-13-5-3-2-4-6-13/h2-6,9-10H,7-8,11H2,1H3,(H,26,28,30). The number of aromatic nitrogens is 2. The van der Waals surface area contributed by atoms with Gasteiger partial charge in [-0.3, -0.25) is 24.3 Å². The van der Waals surface area contributed by atoms with E-state index in [0.717, 1.165) is 4.57 Å². The summed E-state index contributed by atoms with van der Waals surface area (Å²) in [6.07, 6.45) is -0.417. The molecule has 2 heterocycles. The molecule has 1 N–H and O–H groups in total. The zero-order valence-electron chi connectivity index (χ0n) is 16.9. The van der Waals surface area contributed by atoms with Crippen LogP contribution in [-0.2, 0) is 31.3 Å². The van der Waals surface area contributed by atoms with E-state index in [2.05, 4.69) is 10.3 Å². The molecule has 0 bridgehead atoms. The van der Waals surface area contributed by atoms with Gasteiger partial charge in [-0.05, 0) is 31.0 Å². The van der Waals surface area contributed by atoms with Gasteiger partial charge in [0, 0.05) is 11.4 Å². The van der Waals surface area contributed by atoms with Crippen LogP contribution in [0.2, 0.25) is 10.0 Å². The number of amides is 2. The Kier molecular flexibility index (Phi) is 5.75. The maximum Gasteiger partial charge on any atom is 0.342 e. The Morgan fingerprint density at radius 2 is 1.91 bits per heavy atom. The molecular weight excluding hydrogens is 457 g/mol. The van der Waals surface area contributed by atoms with Crippen LogP contribution in [0.1, 0.15) is 24.2 Å². The van der Waals surface area contributed by atoms with Gasteiger partial charge < -0.3 is 4.74 Å². The molecule has 0 spiro atoms. The molecule has 0 aliphatic carbocycles. The molecule has 10 heteroatoms. The van der Waals surface area contributed by atoms with E-state index in [1.807, 2.05) is 6.07 Å². The van der Waals surface area contributed by atoms with Crippen molar-refractivity contribution in [3.05, 3.63) is 74.3 Å². The number of carbonyl (C=O) groups excluding carboxylic acids is 3. The molecule has 1 aromatic heterocycles. The summed E-state index contributed by atoms with van der Waals surface area (Å²) >= 11 is 12.3. The van der Waals surface area contributed by atoms with Crippen LogP contribution in [0.15, 0.2) is 47.3 Å². The second-order valence-corrected chi connectivity index (χ2v) is 8.23. The predicted octanol–water partition coefficient (Wildman–Crippen LogP) is 2.89. The van der Waals surface area contributed by atoms with Gasteiger partial charge in [-0.25, -0.2) is 9.78 Å². The number of fused-ring (bicyclic) bond motifs is 1. The summed E-state index contributed by atoms with van der Waals surface area (Å²) in [6.45, 7) is 1.36. The topological polar surface area (TPSA) is 107 Å². The summed E-state index contributed by atoms with van der Waals surface area (Å²) in [5.74, 6) is -2.41. The quantitative estimate of drug-likeness (QED) is 0.354. The van der Waals surface area contributed by atoms with Crippen molar-refractivity contribution >= 4 is 51.9 Å². The zero-order valence-corrected chi connectivity index (χ0v) is 18.4. The molecule has 1 fully saturated rings. The number of piperidine rings is 1. The largest absolute Gasteiger partial charge is 0.459 e. The number of rotatable bonds is 4. The van der Waals surface area contributed by atoms with E-state index in [0.29, 0.717) is 5.56 Å². The monoisotopic (exact) mass is 473 g/mol. The van der Waals surface area contributed by atoms with Crippen LogP contribution in [0, 0.1) is 6.92 Å². The van der Waals surface area contributed by atoms with Crippen molar-refractivity contribution in [3.8, 4) is 0 Å². The normalized spacial score (nSPS) is 18.5. The molecule has 4 rings (SSSR count). The second kappa shape index (κ2) is 8.37. The Hall–Kier alpha value is -3.23. The van der Waals surface area contributed by atoms with Crippen molar-refractivity contribution in [2.24, 2.45) is 0 Å². The summed E-state index contributed by atoms with van der Waals surface area (Å²) in [5, 5.41) is 2.54. The number of hydrogen-bond acceptors (Lipinski definition) is 6. The van der Waals surface area contributed by atoms with E-state index in [4.69, 9.17) is 27.9 Å². The first-order valence-electron chi connectivity index (χ1n) is 9.68. The Morgan fingerprint density at radius 3 is 2.59 bits per heavy atom. The lowest BCUT2D eigenvalue weighted by molar-refractivity contribution is -0.164. The molecule has 1 atom stereocenters. The van der Waals surface area contributed by atoms with Crippen LogP contribution in [0.5, 0.6) is 0 Å². The maximum atomic E-state index is 13.5. The number of benzene rings is 2. The van der Waals surface area contributed by atoms with E-state index < -0.39 is 28.9 Å².